The highest BCUT2D eigenvalue weighted by Gasteiger charge is 2.32. The Morgan fingerprint density at radius 2 is 1.96 bits per heavy atom. The van der Waals surface area contributed by atoms with E-state index < -0.39 is 0 Å². The van der Waals surface area contributed by atoms with Gasteiger partial charge < -0.3 is 15.0 Å². The molecule has 5 nitrogen and oxygen atoms in total. The van der Waals surface area contributed by atoms with Crippen molar-refractivity contribution in [3.8, 4) is 0 Å². The summed E-state index contributed by atoms with van der Waals surface area (Å²) >= 11 is 0. The molecule has 23 heavy (non-hydrogen) atoms. The Morgan fingerprint density at radius 1 is 1.26 bits per heavy atom. The molecule has 1 aromatic rings. The first kappa shape index (κ1) is 16.0. The molecule has 124 valence electrons. The van der Waals surface area contributed by atoms with E-state index in [9.17, 15) is 9.59 Å². The topological polar surface area (TPSA) is 58.6 Å². The van der Waals surface area contributed by atoms with Gasteiger partial charge in [0.15, 0.2) is 0 Å². The number of morpholine rings is 1. The highest BCUT2D eigenvalue weighted by Crippen LogP contribution is 2.37. The van der Waals surface area contributed by atoms with Gasteiger partial charge in [0.05, 0.1) is 13.2 Å². The molecule has 1 atom stereocenters. The number of hydrogen-bond donors (Lipinski definition) is 1. The van der Waals surface area contributed by atoms with Crippen molar-refractivity contribution in [2.75, 3.05) is 31.6 Å². The smallest absolute Gasteiger partial charge is 0.254 e. The first-order valence-electron chi connectivity index (χ1n) is 8.35. The molecule has 0 spiro atoms. The third-order valence-electron chi connectivity index (χ3n) is 4.86. The molecule has 0 bridgehead atoms. The normalized spacial score (nSPS) is 19.3. The van der Waals surface area contributed by atoms with Crippen molar-refractivity contribution in [2.24, 2.45) is 11.8 Å². The van der Waals surface area contributed by atoms with E-state index in [0.717, 1.165) is 24.1 Å². The Labute approximate surface area is 137 Å². The summed E-state index contributed by atoms with van der Waals surface area (Å²) in [6.07, 6.45) is 2.28. The number of rotatable bonds is 4. The second-order valence-corrected chi connectivity index (χ2v) is 6.50. The van der Waals surface area contributed by atoms with Crippen molar-refractivity contribution in [3.05, 3.63) is 29.3 Å². The Morgan fingerprint density at radius 3 is 2.61 bits per heavy atom. The first-order chi connectivity index (χ1) is 11.1. The van der Waals surface area contributed by atoms with Crippen LogP contribution in [0.15, 0.2) is 18.2 Å². The Kier molecular flexibility index (Phi) is 4.66. The van der Waals surface area contributed by atoms with Gasteiger partial charge >= 0.3 is 0 Å². The maximum atomic E-state index is 12.7. The number of hydrogen-bond acceptors (Lipinski definition) is 3. The lowest BCUT2D eigenvalue weighted by atomic mass is 10.0. The lowest BCUT2D eigenvalue weighted by Crippen LogP contribution is -2.41. The van der Waals surface area contributed by atoms with E-state index >= 15 is 0 Å². The zero-order valence-electron chi connectivity index (χ0n) is 13.8. The molecule has 1 unspecified atom stereocenters. The summed E-state index contributed by atoms with van der Waals surface area (Å²) in [4.78, 5) is 26.8. The molecule has 0 radical (unpaired) electrons. The maximum Gasteiger partial charge on any atom is 0.254 e. The van der Waals surface area contributed by atoms with Gasteiger partial charge in [-0.25, -0.2) is 0 Å². The van der Waals surface area contributed by atoms with Crippen LogP contribution in [0.4, 0.5) is 5.69 Å². The van der Waals surface area contributed by atoms with Gasteiger partial charge in [-0.3, -0.25) is 9.59 Å². The Balaban J connectivity index is 1.74. The third-order valence-corrected chi connectivity index (χ3v) is 4.86. The van der Waals surface area contributed by atoms with Crippen LogP contribution in [0.25, 0.3) is 0 Å². The minimum atomic E-state index is 0.0112. The summed E-state index contributed by atoms with van der Waals surface area (Å²) in [5.74, 6) is 0.616. The zero-order valence-corrected chi connectivity index (χ0v) is 13.8. The van der Waals surface area contributed by atoms with Gasteiger partial charge in [0.25, 0.3) is 5.91 Å². The van der Waals surface area contributed by atoms with Crippen molar-refractivity contribution in [2.45, 2.75) is 26.7 Å². The molecule has 1 aromatic carbocycles. The number of nitrogens with zero attached hydrogens (tertiary/aromatic N) is 1. The van der Waals surface area contributed by atoms with Gasteiger partial charge in [0.2, 0.25) is 5.91 Å². The van der Waals surface area contributed by atoms with Crippen LogP contribution in [-0.4, -0.2) is 43.0 Å². The average molecular weight is 316 g/mol. The number of carbonyl (C=O) groups excluding carboxylic acids is 2. The number of nitrogens with one attached hydrogen (secondary N) is 1. The average Bonchev–Trinajstić information content (AvgIpc) is 3.41. The largest absolute Gasteiger partial charge is 0.378 e. The van der Waals surface area contributed by atoms with Crippen molar-refractivity contribution in [1.29, 1.82) is 0 Å². The minimum absolute atomic E-state index is 0.0112. The Hall–Kier alpha value is -1.88. The summed E-state index contributed by atoms with van der Waals surface area (Å²) in [7, 11) is 0. The van der Waals surface area contributed by atoms with Gasteiger partial charge in [-0.05, 0) is 43.4 Å². The highest BCUT2D eigenvalue weighted by atomic mass is 16.5. The van der Waals surface area contributed by atoms with Crippen LogP contribution in [0.1, 0.15) is 35.7 Å². The summed E-state index contributed by atoms with van der Waals surface area (Å²) < 4.78 is 5.30. The molecule has 1 N–H and O–H groups in total. The molecule has 1 saturated heterocycles. The maximum absolute atomic E-state index is 12.7. The van der Waals surface area contributed by atoms with Gasteiger partial charge in [0.1, 0.15) is 0 Å². The van der Waals surface area contributed by atoms with E-state index in [1.54, 1.807) is 0 Å². The van der Waals surface area contributed by atoms with Crippen molar-refractivity contribution in [1.82, 2.24) is 4.90 Å². The summed E-state index contributed by atoms with van der Waals surface area (Å²) in [6.45, 7) is 6.28. The van der Waals surface area contributed by atoms with Gasteiger partial charge in [-0.2, -0.15) is 0 Å². The first-order valence-corrected chi connectivity index (χ1v) is 8.35. The molecule has 2 amide bonds. The van der Waals surface area contributed by atoms with Crippen LogP contribution >= 0.6 is 0 Å². The number of amides is 2. The minimum Gasteiger partial charge on any atom is -0.378 e. The fourth-order valence-electron chi connectivity index (χ4n) is 3.00. The molecule has 2 fully saturated rings. The molecule has 3 rings (SSSR count). The predicted molar refractivity (Wildman–Crippen MR) is 88.4 cm³/mol. The fourth-order valence-corrected chi connectivity index (χ4v) is 3.00. The third kappa shape index (κ3) is 3.55. The highest BCUT2D eigenvalue weighted by molar-refractivity contribution is 5.99. The molecule has 1 aliphatic carbocycles. The van der Waals surface area contributed by atoms with Crippen LogP contribution in [0.2, 0.25) is 0 Å². The number of ether oxygens (including phenoxy) is 1. The van der Waals surface area contributed by atoms with Crippen LogP contribution in [0.3, 0.4) is 0 Å². The van der Waals surface area contributed by atoms with E-state index in [-0.39, 0.29) is 17.7 Å². The molecule has 5 heteroatoms. The lowest BCUT2D eigenvalue weighted by Gasteiger charge is -2.27. The number of carbonyl (C=O) groups is 2. The summed E-state index contributed by atoms with van der Waals surface area (Å²) in [5.41, 5.74) is 2.23. The molecular formula is C18H24N2O3. The van der Waals surface area contributed by atoms with Gasteiger partial charge in [0, 0.05) is 30.3 Å². The Bertz CT molecular complexity index is 604. The molecule has 1 aliphatic heterocycles. The second-order valence-electron chi connectivity index (χ2n) is 6.50. The molecule has 0 aromatic heterocycles. The molecule has 1 saturated carbocycles. The van der Waals surface area contributed by atoms with Crippen LogP contribution in [-0.2, 0) is 9.53 Å². The van der Waals surface area contributed by atoms with E-state index in [4.69, 9.17) is 4.74 Å². The van der Waals surface area contributed by atoms with Crippen LogP contribution in [0, 0.1) is 18.8 Å². The monoisotopic (exact) mass is 316 g/mol. The van der Waals surface area contributed by atoms with Crippen molar-refractivity contribution >= 4 is 17.5 Å². The van der Waals surface area contributed by atoms with Gasteiger partial charge in [-0.15, -0.1) is 0 Å². The van der Waals surface area contributed by atoms with Crippen molar-refractivity contribution < 1.29 is 14.3 Å². The van der Waals surface area contributed by atoms with E-state index in [1.165, 1.54) is 0 Å². The van der Waals surface area contributed by atoms with Crippen molar-refractivity contribution in [3.63, 3.8) is 0 Å². The standard InChI is InChI=1S/C18H24N2O3/c1-12(14-6-7-14)17(21)19-16-5-3-4-15(13(16)2)18(22)20-8-10-23-11-9-20/h3-5,12,14H,6-11H2,1-2H3,(H,19,21). The van der Waals surface area contributed by atoms with Crippen LogP contribution < -0.4 is 5.32 Å². The van der Waals surface area contributed by atoms with Gasteiger partial charge in [-0.1, -0.05) is 13.0 Å². The summed E-state index contributed by atoms with van der Waals surface area (Å²) in [5, 5.41) is 3.00. The lowest BCUT2D eigenvalue weighted by molar-refractivity contribution is -0.119. The van der Waals surface area contributed by atoms with E-state index in [1.807, 2.05) is 36.9 Å². The molecule has 2 aliphatic rings. The predicted octanol–water partition coefficient (Wildman–Crippen LogP) is 2.45. The van der Waals surface area contributed by atoms with E-state index in [2.05, 4.69) is 5.32 Å². The quantitative estimate of drug-likeness (QED) is 0.928. The van der Waals surface area contributed by atoms with E-state index in [0.29, 0.717) is 37.8 Å². The summed E-state index contributed by atoms with van der Waals surface area (Å²) in [6, 6.07) is 5.52. The molecular weight excluding hydrogens is 292 g/mol. The number of benzene rings is 1. The SMILES string of the molecule is Cc1c(NC(=O)C(C)C2CC2)cccc1C(=O)N1CCOCC1. The fraction of sp³-hybridized carbons (Fsp3) is 0.556. The zero-order chi connectivity index (χ0) is 16.4. The second kappa shape index (κ2) is 6.71. The molecule has 1 heterocycles. The number of anilines is 1. The van der Waals surface area contributed by atoms with Crippen LogP contribution in [0.5, 0.6) is 0 Å².